The van der Waals surface area contributed by atoms with Crippen molar-refractivity contribution in [1.29, 1.82) is 0 Å². The summed E-state index contributed by atoms with van der Waals surface area (Å²) < 4.78 is 18.8. The molecule has 0 spiro atoms. The van der Waals surface area contributed by atoms with E-state index in [0.29, 0.717) is 5.82 Å². The van der Waals surface area contributed by atoms with E-state index in [1.165, 1.54) is 11.5 Å². The standard InChI is InChI=1S/C11H17NO2S.C7H6N2S/c1-4-7-12-15-11-8-9(13-2)5-6-10(11)14-3;8-7-5-3-1-2-4-6(5)10-9-7/h5-6,8,12H,4,7H2,1-3H3;1-4H,(H2,8,9). The number of methoxy groups -OCH3 is 2. The molecule has 0 bridgehead atoms. The van der Waals surface area contributed by atoms with Gasteiger partial charge in [-0.15, -0.1) is 0 Å². The monoisotopic (exact) mass is 377 g/mol. The first-order chi connectivity index (χ1) is 12.2. The number of fused-ring (bicyclic) bond motifs is 1. The number of anilines is 1. The number of benzene rings is 2. The van der Waals surface area contributed by atoms with E-state index in [4.69, 9.17) is 15.2 Å². The van der Waals surface area contributed by atoms with Gasteiger partial charge in [0.2, 0.25) is 0 Å². The van der Waals surface area contributed by atoms with Crippen LogP contribution in [0.3, 0.4) is 0 Å². The highest BCUT2D eigenvalue weighted by Gasteiger charge is 2.05. The van der Waals surface area contributed by atoms with Gasteiger partial charge in [-0.05, 0) is 60.2 Å². The SMILES string of the molecule is CCCNSc1cc(OC)ccc1OC.Nc1nsc2ccccc12. The minimum Gasteiger partial charge on any atom is -0.497 e. The number of hydrogen-bond acceptors (Lipinski definition) is 7. The Morgan fingerprint density at radius 2 is 1.96 bits per heavy atom. The van der Waals surface area contributed by atoms with E-state index in [0.717, 1.165) is 39.4 Å². The van der Waals surface area contributed by atoms with Crippen LogP contribution in [0.15, 0.2) is 47.4 Å². The van der Waals surface area contributed by atoms with Gasteiger partial charge in [-0.1, -0.05) is 19.1 Å². The summed E-state index contributed by atoms with van der Waals surface area (Å²) in [5.74, 6) is 2.35. The van der Waals surface area contributed by atoms with E-state index in [2.05, 4.69) is 16.0 Å². The lowest BCUT2D eigenvalue weighted by Gasteiger charge is -2.09. The summed E-state index contributed by atoms with van der Waals surface area (Å²) in [4.78, 5) is 1.05. The van der Waals surface area contributed by atoms with Crippen LogP contribution in [-0.2, 0) is 0 Å². The van der Waals surface area contributed by atoms with E-state index < -0.39 is 0 Å². The highest BCUT2D eigenvalue weighted by atomic mass is 32.2. The third-order valence-electron chi connectivity index (χ3n) is 3.31. The predicted octanol–water partition coefficient (Wildman–Crippen LogP) is 4.59. The molecule has 0 saturated carbocycles. The van der Waals surface area contributed by atoms with Gasteiger partial charge in [0.15, 0.2) is 0 Å². The molecular formula is C18H23N3O2S2. The van der Waals surface area contributed by atoms with E-state index in [-0.39, 0.29) is 0 Å². The first kappa shape index (κ1) is 19.4. The molecule has 7 heteroatoms. The number of nitrogens with one attached hydrogen (secondary N) is 1. The summed E-state index contributed by atoms with van der Waals surface area (Å²) in [5.41, 5.74) is 5.58. The minimum atomic E-state index is 0.639. The number of hydrogen-bond donors (Lipinski definition) is 2. The molecule has 0 saturated heterocycles. The molecule has 1 heterocycles. The zero-order chi connectivity index (χ0) is 18.1. The van der Waals surface area contributed by atoms with Crippen LogP contribution in [-0.4, -0.2) is 25.1 Å². The van der Waals surface area contributed by atoms with Crippen molar-refractivity contribution in [2.24, 2.45) is 0 Å². The van der Waals surface area contributed by atoms with Crippen LogP contribution in [0.5, 0.6) is 11.5 Å². The van der Waals surface area contributed by atoms with E-state index in [1.54, 1.807) is 26.2 Å². The summed E-state index contributed by atoms with van der Waals surface area (Å²) in [6.45, 7) is 3.11. The number of ether oxygens (including phenoxy) is 2. The lowest BCUT2D eigenvalue weighted by molar-refractivity contribution is 0.394. The van der Waals surface area contributed by atoms with Gasteiger partial charge in [0.1, 0.15) is 17.3 Å². The Hall–Kier alpha value is -1.96. The average molecular weight is 378 g/mol. The van der Waals surface area contributed by atoms with Crippen molar-refractivity contribution in [3.63, 3.8) is 0 Å². The second-order valence-corrected chi connectivity index (χ2v) is 6.81. The van der Waals surface area contributed by atoms with E-state index in [9.17, 15) is 0 Å². The molecule has 0 aliphatic carbocycles. The molecule has 0 aliphatic rings. The maximum atomic E-state index is 5.58. The number of aromatic nitrogens is 1. The normalized spacial score (nSPS) is 10.2. The van der Waals surface area contributed by atoms with Gasteiger partial charge in [-0.3, -0.25) is 4.72 Å². The van der Waals surface area contributed by atoms with Crippen LogP contribution < -0.4 is 19.9 Å². The lowest BCUT2D eigenvalue weighted by atomic mass is 10.3. The molecule has 0 atom stereocenters. The van der Waals surface area contributed by atoms with Gasteiger partial charge in [0.05, 0.1) is 23.8 Å². The molecule has 5 nitrogen and oxygen atoms in total. The molecule has 1 aromatic heterocycles. The topological polar surface area (TPSA) is 69.4 Å². The maximum Gasteiger partial charge on any atom is 0.144 e. The summed E-state index contributed by atoms with van der Waals surface area (Å²) in [6, 6.07) is 13.7. The predicted molar refractivity (Wildman–Crippen MR) is 108 cm³/mol. The first-order valence-electron chi connectivity index (χ1n) is 7.91. The lowest BCUT2D eigenvalue weighted by Crippen LogP contribution is -2.04. The van der Waals surface area contributed by atoms with Gasteiger partial charge in [-0.2, -0.15) is 4.37 Å². The third kappa shape index (κ3) is 5.52. The highest BCUT2D eigenvalue weighted by Crippen LogP contribution is 2.31. The summed E-state index contributed by atoms with van der Waals surface area (Å²) in [7, 11) is 3.33. The summed E-state index contributed by atoms with van der Waals surface area (Å²) >= 11 is 3.01. The second-order valence-electron chi connectivity index (χ2n) is 5.08. The second kappa shape index (κ2) is 10.1. The van der Waals surface area contributed by atoms with E-state index >= 15 is 0 Å². The number of nitrogens with two attached hydrogens (primary N) is 1. The Morgan fingerprint density at radius 3 is 2.64 bits per heavy atom. The highest BCUT2D eigenvalue weighted by molar-refractivity contribution is 7.97. The van der Waals surface area contributed by atoms with Crippen molar-refractivity contribution >= 4 is 39.4 Å². The first-order valence-corrected chi connectivity index (χ1v) is 9.50. The molecule has 2 aromatic carbocycles. The fraction of sp³-hybridized carbons (Fsp3) is 0.278. The van der Waals surface area contributed by atoms with E-state index in [1.807, 2.05) is 42.5 Å². The van der Waals surface area contributed by atoms with Crippen molar-refractivity contribution in [1.82, 2.24) is 9.10 Å². The Balaban J connectivity index is 0.000000194. The molecule has 3 N–H and O–H groups in total. The Morgan fingerprint density at radius 1 is 1.16 bits per heavy atom. The quantitative estimate of drug-likeness (QED) is 0.484. The molecule has 25 heavy (non-hydrogen) atoms. The summed E-state index contributed by atoms with van der Waals surface area (Å²) in [6.07, 6.45) is 1.11. The minimum absolute atomic E-state index is 0.639. The molecule has 0 radical (unpaired) electrons. The van der Waals surface area contributed by atoms with Gasteiger partial charge >= 0.3 is 0 Å². The smallest absolute Gasteiger partial charge is 0.144 e. The fourth-order valence-electron chi connectivity index (χ4n) is 2.00. The summed E-state index contributed by atoms with van der Waals surface area (Å²) in [5, 5.41) is 1.06. The van der Waals surface area contributed by atoms with Crippen molar-refractivity contribution in [3.8, 4) is 11.5 Å². The number of rotatable bonds is 6. The van der Waals surface area contributed by atoms with Crippen LogP contribution in [0.2, 0.25) is 0 Å². The zero-order valence-corrected chi connectivity index (χ0v) is 16.2. The average Bonchev–Trinajstić information content (AvgIpc) is 3.04. The van der Waals surface area contributed by atoms with Crippen LogP contribution in [0.1, 0.15) is 13.3 Å². The third-order valence-corrected chi connectivity index (χ3v) is 5.04. The van der Waals surface area contributed by atoms with Gasteiger partial charge < -0.3 is 15.2 Å². The molecule has 0 unspecified atom stereocenters. The van der Waals surface area contributed by atoms with Gasteiger partial charge in [-0.25, -0.2) is 0 Å². The molecule has 0 fully saturated rings. The number of nitrogens with zero attached hydrogens (tertiary/aromatic N) is 1. The Bertz CT molecular complexity index is 793. The maximum absolute atomic E-state index is 5.58. The van der Waals surface area contributed by atoms with Crippen LogP contribution in [0, 0.1) is 0 Å². The van der Waals surface area contributed by atoms with Crippen LogP contribution in [0.25, 0.3) is 10.1 Å². The van der Waals surface area contributed by atoms with Gasteiger partial charge in [0.25, 0.3) is 0 Å². The number of nitrogen functional groups attached to an aromatic ring is 1. The molecule has 134 valence electrons. The van der Waals surface area contributed by atoms with Crippen molar-refractivity contribution in [2.45, 2.75) is 18.2 Å². The Kier molecular flexibility index (Phi) is 7.84. The largest absolute Gasteiger partial charge is 0.497 e. The Labute approximate surface area is 156 Å². The molecule has 0 amide bonds. The van der Waals surface area contributed by atoms with Crippen molar-refractivity contribution < 1.29 is 9.47 Å². The molecule has 3 rings (SSSR count). The van der Waals surface area contributed by atoms with Crippen LogP contribution >= 0.6 is 23.5 Å². The molecular weight excluding hydrogens is 354 g/mol. The van der Waals surface area contributed by atoms with Crippen molar-refractivity contribution in [2.75, 3.05) is 26.5 Å². The molecule has 0 aliphatic heterocycles. The molecule has 3 aromatic rings. The van der Waals surface area contributed by atoms with Gasteiger partial charge in [0, 0.05) is 11.9 Å². The fourth-order valence-corrected chi connectivity index (χ4v) is 3.59. The zero-order valence-electron chi connectivity index (χ0n) is 14.6. The van der Waals surface area contributed by atoms with Crippen molar-refractivity contribution in [3.05, 3.63) is 42.5 Å². The van der Waals surface area contributed by atoms with Crippen LogP contribution in [0.4, 0.5) is 5.82 Å².